The number of ether oxygens (including phenoxy) is 3. The summed E-state index contributed by atoms with van der Waals surface area (Å²) in [6.45, 7) is 6.46. The molecule has 0 aliphatic carbocycles. The van der Waals surface area contributed by atoms with Crippen LogP contribution >= 0.6 is 0 Å². The highest BCUT2D eigenvalue weighted by molar-refractivity contribution is 5.41. The lowest BCUT2D eigenvalue weighted by Gasteiger charge is -2.38. The van der Waals surface area contributed by atoms with E-state index in [1.807, 2.05) is 13.0 Å². The summed E-state index contributed by atoms with van der Waals surface area (Å²) in [5.74, 6) is 0.991. The van der Waals surface area contributed by atoms with Crippen molar-refractivity contribution in [2.45, 2.75) is 51.9 Å². The Bertz CT molecular complexity index is 456. The Balaban J connectivity index is 2.24. The fourth-order valence-corrected chi connectivity index (χ4v) is 2.61. The van der Waals surface area contributed by atoms with Crippen molar-refractivity contribution in [3.8, 4) is 5.75 Å². The zero-order valence-electron chi connectivity index (χ0n) is 13.2. The van der Waals surface area contributed by atoms with Gasteiger partial charge in [-0.3, -0.25) is 0 Å². The van der Waals surface area contributed by atoms with Crippen LogP contribution in [0.5, 0.6) is 5.75 Å². The largest absolute Gasteiger partial charge is 0.462 e. The van der Waals surface area contributed by atoms with Crippen molar-refractivity contribution in [1.82, 2.24) is 0 Å². The summed E-state index contributed by atoms with van der Waals surface area (Å²) < 4.78 is 17.1. The topological polar surface area (TPSA) is 27.7 Å². The van der Waals surface area contributed by atoms with E-state index in [1.165, 1.54) is 12.0 Å². The second kappa shape index (κ2) is 6.15. The van der Waals surface area contributed by atoms with Crippen LogP contribution in [-0.4, -0.2) is 20.0 Å². The van der Waals surface area contributed by atoms with Gasteiger partial charge >= 0.3 is 0 Å². The first-order valence-electron chi connectivity index (χ1n) is 7.37. The van der Waals surface area contributed by atoms with Gasteiger partial charge in [0.05, 0.1) is 6.10 Å². The fourth-order valence-electron chi connectivity index (χ4n) is 2.61. The molecule has 0 aromatic heterocycles. The Morgan fingerprint density at radius 2 is 2.10 bits per heavy atom. The van der Waals surface area contributed by atoms with Crippen LogP contribution in [0.4, 0.5) is 0 Å². The highest BCUT2D eigenvalue weighted by Gasteiger charge is 2.37. The monoisotopic (exact) mass is 278 g/mol. The minimum Gasteiger partial charge on any atom is -0.462 e. The zero-order chi connectivity index (χ0) is 14.8. The van der Waals surface area contributed by atoms with E-state index < -0.39 is 5.79 Å². The number of hydrogen-bond acceptors (Lipinski definition) is 3. The molecule has 3 nitrogen and oxygen atoms in total. The van der Waals surface area contributed by atoms with Crippen LogP contribution in [0.1, 0.15) is 50.8 Å². The van der Waals surface area contributed by atoms with Gasteiger partial charge in [0.1, 0.15) is 5.75 Å². The Kier molecular flexibility index (Phi) is 4.71. The summed E-state index contributed by atoms with van der Waals surface area (Å²) in [6, 6.07) is 6.42. The molecular formula is C17H26O3. The van der Waals surface area contributed by atoms with Crippen LogP contribution in [0.3, 0.4) is 0 Å². The molecule has 0 bridgehead atoms. The molecule has 2 rings (SSSR count). The molecular weight excluding hydrogens is 252 g/mol. The number of rotatable bonds is 5. The molecule has 0 N–H and O–H groups in total. The van der Waals surface area contributed by atoms with Crippen LogP contribution in [-0.2, 0) is 15.9 Å². The van der Waals surface area contributed by atoms with Crippen molar-refractivity contribution in [3.63, 3.8) is 0 Å². The predicted octanol–water partition coefficient (Wildman–Crippen LogP) is 4.11. The van der Waals surface area contributed by atoms with E-state index in [-0.39, 0.29) is 6.10 Å². The Labute approximate surface area is 122 Å². The maximum atomic E-state index is 5.98. The zero-order valence-corrected chi connectivity index (χ0v) is 13.2. The lowest BCUT2D eigenvalue weighted by Crippen LogP contribution is -2.40. The van der Waals surface area contributed by atoms with Crippen molar-refractivity contribution in [3.05, 3.63) is 29.3 Å². The molecule has 2 atom stereocenters. The third-order valence-corrected chi connectivity index (χ3v) is 4.03. The predicted molar refractivity (Wildman–Crippen MR) is 80.0 cm³/mol. The van der Waals surface area contributed by atoms with Gasteiger partial charge in [0.2, 0.25) is 5.79 Å². The molecule has 1 aromatic rings. The Morgan fingerprint density at radius 1 is 1.35 bits per heavy atom. The summed E-state index contributed by atoms with van der Waals surface area (Å²) in [5.41, 5.74) is 2.49. The van der Waals surface area contributed by atoms with E-state index in [9.17, 15) is 0 Å². The average molecular weight is 278 g/mol. The van der Waals surface area contributed by atoms with E-state index in [0.717, 1.165) is 23.7 Å². The van der Waals surface area contributed by atoms with E-state index in [1.54, 1.807) is 14.2 Å². The number of benzene rings is 1. The molecule has 1 heterocycles. The molecule has 1 aliphatic heterocycles. The first kappa shape index (κ1) is 15.3. The standard InChI is InChI=1S/C17H26O3/c1-12(2)6-7-13-8-9-15-14(10-13)16(18-4)11-17(3,19-5)20-15/h8-10,12,16H,6-7,11H2,1-5H3. The molecule has 0 saturated carbocycles. The summed E-state index contributed by atoms with van der Waals surface area (Å²) in [4.78, 5) is 0. The molecule has 0 amide bonds. The van der Waals surface area contributed by atoms with Crippen LogP contribution in [0.2, 0.25) is 0 Å². The molecule has 3 heteroatoms. The van der Waals surface area contributed by atoms with Crippen LogP contribution in [0.25, 0.3) is 0 Å². The molecule has 20 heavy (non-hydrogen) atoms. The Morgan fingerprint density at radius 3 is 2.70 bits per heavy atom. The number of fused-ring (bicyclic) bond motifs is 1. The van der Waals surface area contributed by atoms with Gasteiger partial charge in [-0.2, -0.15) is 0 Å². The number of methoxy groups -OCH3 is 2. The molecule has 0 radical (unpaired) electrons. The van der Waals surface area contributed by atoms with Gasteiger partial charge in [0.15, 0.2) is 0 Å². The molecule has 0 spiro atoms. The summed E-state index contributed by atoms with van der Waals surface area (Å²) in [6.07, 6.45) is 3.04. The summed E-state index contributed by atoms with van der Waals surface area (Å²) >= 11 is 0. The van der Waals surface area contributed by atoms with E-state index in [2.05, 4.69) is 26.0 Å². The first-order valence-corrected chi connectivity index (χ1v) is 7.37. The van der Waals surface area contributed by atoms with Crippen LogP contribution in [0.15, 0.2) is 18.2 Å². The first-order chi connectivity index (χ1) is 9.47. The van der Waals surface area contributed by atoms with Gasteiger partial charge in [-0.05, 0) is 36.5 Å². The van der Waals surface area contributed by atoms with Crippen LogP contribution in [0, 0.1) is 5.92 Å². The minimum atomic E-state index is -0.604. The SMILES string of the molecule is COC1CC(C)(OC)Oc2ccc(CCC(C)C)cc21. The molecule has 1 aliphatic rings. The second-order valence-corrected chi connectivity index (χ2v) is 6.17. The van der Waals surface area contributed by atoms with Crippen molar-refractivity contribution >= 4 is 0 Å². The molecule has 112 valence electrons. The lowest BCUT2D eigenvalue weighted by atomic mass is 9.93. The van der Waals surface area contributed by atoms with Crippen molar-refractivity contribution in [2.75, 3.05) is 14.2 Å². The second-order valence-electron chi connectivity index (χ2n) is 6.17. The minimum absolute atomic E-state index is 0.0303. The Hall–Kier alpha value is -1.06. The van der Waals surface area contributed by atoms with Crippen molar-refractivity contribution in [2.24, 2.45) is 5.92 Å². The van der Waals surface area contributed by atoms with Crippen LogP contribution < -0.4 is 4.74 Å². The maximum absolute atomic E-state index is 5.98. The smallest absolute Gasteiger partial charge is 0.210 e. The number of aryl methyl sites for hydroxylation is 1. The molecule has 0 fully saturated rings. The summed E-state index contributed by atoms with van der Waals surface area (Å²) in [5, 5.41) is 0. The fraction of sp³-hybridized carbons (Fsp3) is 0.647. The van der Waals surface area contributed by atoms with Gasteiger partial charge < -0.3 is 14.2 Å². The highest BCUT2D eigenvalue weighted by Crippen LogP contribution is 2.42. The molecule has 2 unspecified atom stereocenters. The van der Waals surface area contributed by atoms with Crippen molar-refractivity contribution < 1.29 is 14.2 Å². The quantitative estimate of drug-likeness (QED) is 0.811. The normalized spacial score (nSPS) is 25.4. The van der Waals surface area contributed by atoms with Crippen molar-refractivity contribution in [1.29, 1.82) is 0 Å². The molecule has 1 aromatic carbocycles. The van der Waals surface area contributed by atoms with E-state index in [0.29, 0.717) is 6.42 Å². The van der Waals surface area contributed by atoms with Gasteiger partial charge in [-0.1, -0.05) is 19.9 Å². The highest BCUT2D eigenvalue weighted by atomic mass is 16.7. The third-order valence-electron chi connectivity index (χ3n) is 4.03. The number of hydrogen-bond donors (Lipinski definition) is 0. The van der Waals surface area contributed by atoms with Gasteiger partial charge in [-0.25, -0.2) is 0 Å². The van der Waals surface area contributed by atoms with Gasteiger partial charge in [0, 0.05) is 33.1 Å². The summed E-state index contributed by atoms with van der Waals surface area (Å²) in [7, 11) is 3.42. The average Bonchev–Trinajstić information content (AvgIpc) is 2.44. The maximum Gasteiger partial charge on any atom is 0.210 e. The van der Waals surface area contributed by atoms with Gasteiger partial charge in [-0.15, -0.1) is 0 Å². The van der Waals surface area contributed by atoms with Gasteiger partial charge in [0.25, 0.3) is 0 Å². The third kappa shape index (κ3) is 3.33. The van der Waals surface area contributed by atoms with E-state index in [4.69, 9.17) is 14.2 Å². The molecule has 0 saturated heterocycles. The lowest BCUT2D eigenvalue weighted by molar-refractivity contribution is -0.184. The van der Waals surface area contributed by atoms with E-state index >= 15 is 0 Å².